The minimum absolute atomic E-state index is 0.300. The van der Waals surface area contributed by atoms with Gasteiger partial charge in [0.25, 0.3) is 0 Å². The second-order valence-electron chi connectivity index (χ2n) is 4.99. The van der Waals surface area contributed by atoms with Crippen LogP contribution in [0.5, 0.6) is 5.75 Å². The van der Waals surface area contributed by atoms with Crippen LogP contribution in [-0.2, 0) is 0 Å². The van der Waals surface area contributed by atoms with E-state index in [0.29, 0.717) is 12.0 Å². The van der Waals surface area contributed by atoms with Gasteiger partial charge in [-0.05, 0) is 44.0 Å². The number of benzene rings is 1. The van der Waals surface area contributed by atoms with E-state index < -0.39 is 0 Å². The second-order valence-corrected chi connectivity index (χ2v) is 5.43. The predicted molar refractivity (Wildman–Crippen MR) is 83.1 cm³/mol. The Morgan fingerprint density at radius 2 is 1.84 bits per heavy atom. The molecule has 19 heavy (non-hydrogen) atoms. The van der Waals surface area contributed by atoms with E-state index in [9.17, 15) is 0 Å². The molecule has 0 radical (unpaired) electrons. The fraction of sp³-hybridized carbons (Fsp3) is 0.625. The van der Waals surface area contributed by atoms with Crippen LogP contribution >= 0.6 is 11.6 Å². The molecule has 1 aromatic carbocycles. The van der Waals surface area contributed by atoms with E-state index in [2.05, 4.69) is 19.2 Å². The molecule has 2 nitrogen and oxygen atoms in total. The van der Waals surface area contributed by atoms with Gasteiger partial charge < -0.3 is 10.1 Å². The zero-order valence-electron chi connectivity index (χ0n) is 12.5. The Balaban J connectivity index is 3.08. The third-order valence-electron chi connectivity index (χ3n) is 3.63. The zero-order valence-corrected chi connectivity index (χ0v) is 13.3. The number of hydrogen-bond donors (Lipinski definition) is 1. The summed E-state index contributed by atoms with van der Waals surface area (Å²) in [5.41, 5.74) is 1.17. The molecule has 1 atom stereocenters. The van der Waals surface area contributed by atoms with Crippen molar-refractivity contribution in [1.29, 1.82) is 0 Å². The van der Waals surface area contributed by atoms with Crippen molar-refractivity contribution >= 4 is 11.6 Å². The Hall–Kier alpha value is -0.730. The number of methoxy groups -OCH3 is 1. The molecule has 108 valence electrons. The van der Waals surface area contributed by atoms with Crippen LogP contribution in [0.1, 0.15) is 51.1 Å². The van der Waals surface area contributed by atoms with Crippen molar-refractivity contribution in [2.24, 2.45) is 5.92 Å². The molecule has 0 heterocycles. The first-order valence-electron chi connectivity index (χ1n) is 7.18. The van der Waals surface area contributed by atoms with Gasteiger partial charge in [0.05, 0.1) is 7.11 Å². The average molecular weight is 284 g/mol. The van der Waals surface area contributed by atoms with Crippen LogP contribution in [0.2, 0.25) is 5.02 Å². The highest BCUT2D eigenvalue weighted by Gasteiger charge is 2.23. The van der Waals surface area contributed by atoms with E-state index in [4.69, 9.17) is 16.3 Å². The van der Waals surface area contributed by atoms with Crippen LogP contribution < -0.4 is 10.1 Å². The molecule has 0 spiro atoms. The molecule has 0 saturated heterocycles. The number of halogens is 1. The zero-order chi connectivity index (χ0) is 14.3. The smallest absolute Gasteiger partial charge is 0.123 e. The van der Waals surface area contributed by atoms with Crippen molar-refractivity contribution in [3.05, 3.63) is 28.8 Å². The summed E-state index contributed by atoms with van der Waals surface area (Å²) >= 11 is 6.15. The summed E-state index contributed by atoms with van der Waals surface area (Å²) in [7, 11) is 3.73. The summed E-state index contributed by atoms with van der Waals surface area (Å²) in [5, 5.41) is 4.22. The molecule has 0 aromatic heterocycles. The van der Waals surface area contributed by atoms with E-state index in [0.717, 1.165) is 10.8 Å². The molecule has 0 saturated carbocycles. The lowest BCUT2D eigenvalue weighted by molar-refractivity contribution is 0.318. The highest BCUT2D eigenvalue weighted by atomic mass is 35.5. The van der Waals surface area contributed by atoms with Crippen molar-refractivity contribution in [2.45, 2.75) is 45.6 Å². The third-order valence-corrected chi connectivity index (χ3v) is 3.86. The van der Waals surface area contributed by atoms with E-state index in [1.807, 2.05) is 25.2 Å². The molecule has 1 N–H and O–H groups in total. The van der Waals surface area contributed by atoms with Gasteiger partial charge in [0.2, 0.25) is 0 Å². The Bertz CT molecular complexity index is 375. The minimum Gasteiger partial charge on any atom is -0.496 e. The third kappa shape index (κ3) is 4.39. The SMILES string of the molecule is CCCC(CCC)C(NC)c1cc(Cl)ccc1OC. The first-order chi connectivity index (χ1) is 9.17. The van der Waals surface area contributed by atoms with Crippen molar-refractivity contribution in [2.75, 3.05) is 14.2 Å². The van der Waals surface area contributed by atoms with Crippen LogP contribution in [0.3, 0.4) is 0 Å². The summed E-state index contributed by atoms with van der Waals surface area (Å²) < 4.78 is 5.49. The van der Waals surface area contributed by atoms with Gasteiger partial charge in [0, 0.05) is 16.6 Å². The van der Waals surface area contributed by atoms with Crippen molar-refractivity contribution in [3.63, 3.8) is 0 Å². The van der Waals surface area contributed by atoms with E-state index in [-0.39, 0.29) is 0 Å². The highest BCUT2D eigenvalue weighted by Crippen LogP contribution is 2.36. The lowest BCUT2D eigenvalue weighted by atomic mass is 9.86. The fourth-order valence-corrected chi connectivity index (χ4v) is 2.99. The molecule has 0 aliphatic rings. The fourth-order valence-electron chi connectivity index (χ4n) is 2.81. The summed E-state index contributed by atoms with van der Waals surface area (Å²) in [4.78, 5) is 0. The van der Waals surface area contributed by atoms with Gasteiger partial charge in [-0.2, -0.15) is 0 Å². The lowest BCUT2D eigenvalue weighted by Gasteiger charge is -2.28. The molecule has 3 heteroatoms. The standard InChI is InChI=1S/C16H26ClNO/c1-5-7-12(8-6-2)16(18-3)14-11-13(17)9-10-15(14)19-4/h9-12,16,18H,5-8H2,1-4H3. The summed E-state index contributed by atoms with van der Waals surface area (Å²) in [6.45, 7) is 4.48. The largest absolute Gasteiger partial charge is 0.496 e. The molecular weight excluding hydrogens is 258 g/mol. The summed E-state index contributed by atoms with van der Waals surface area (Å²) in [6, 6.07) is 6.16. The maximum atomic E-state index is 6.15. The molecule has 0 bridgehead atoms. The first kappa shape index (κ1) is 16.3. The van der Waals surface area contributed by atoms with Crippen LogP contribution in [0.15, 0.2) is 18.2 Å². The van der Waals surface area contributed by atoms with E-state index in [1.165, 1.54) is 31.2 Å². The lowest BCUT2D eigenvalue weighted by Crippen LogP contribution is -2.26. The molecule has 1 unspecified atom stereocenters. The Kier molecular flexibility index (Phi) is 7.25. The van der Waals surface area contributed by atoms with Gasteiger partial charge in [0.15, 0.2) is 0 Å². The van der Waals surface area contributed by atoms with E-state index >= 15 is 0 Å². The van der Waals surface area contributed by atoms with Crippen LogP contribution in [0, 0.1) is 5.92 Å². The van der Waals surface area contributed by atoms with Gasteiger partial charge in [-0.3, -0.25) is 0 Å². The normalized spacial score (nSPS) is 12.7. The monoisotopic (exact) mass is 283 g/mol. The Morgan fingerprint density at radius 1 is 1.21 bits per heavy atom. The molecule has 0 aliphatic carbocycles. The van der Waals surface area contributed by atoms with Crippen molar-refractivity contribution in [1.82, 2.24) is 5.32 Å². The number of rotatable bonds is 8. The van der Waals surface area contributed by atoms with Gasteiger partial charge in [-0.15, -0.1) is 0 Å². The molecular formula is C16H26ClNO. The van der Waals surface area contributed by atoms with E-state index in [1.54, 1.807) is 7.11 Å². The average Bonchev–Trinajstić information content (AvgIpc) is 2.40. The van der Waals surface area contributed by atoms with Gasteiger partial charge in [-0.25, -0.2) is 0 Å². The highest BCUT2D eigenvalue weighted by molar-refractivity contribution is 6.30. The van der Waals surface area contributed by atoms with Crippen LogP contribution in [0.25, 0.3) is 0 Å². The number of nitrogens with one attached hydrogen (secondary N) is 1. The maximum Gasteiger partial charge on any atom is 0.123 e. The van der Waals surface area contributed by atoms with Crippen LogP contribution in [0.4, 0.5) is 0 Å². The molecule has 1 aromatic rings. The maximum absolute atomic E-state index is 6.15. The second kappa shape index (κ2) is 8.44. The van der Waals surface area contributed by atoms with Gasteiger partial charge >= 0.3 is 0 Å². The summed E-state index contributed by atoms with van der Waals surface area (Å²) in [5.74, 6) is 1.54. The first-order valence-corrected chi connectivity index (χ1v) is 7.56. The van der Waals surface area contributed by atoms with Crippen LogP contribution in [-0.4, -0.2) is 14.2 Å². The van der Waals surface area contributed by atoms with Crippen molar-refractivity contribution in [3.8, 4) is 5.75 Å². The number of ether oxygens (including phenoxy) is 1. The van der Waals surface area contributed by atoms with Gasteiger partial charge in [-0.1, -0.05) is 38.3 Å². The molecule has 1 rings (SSSR count). The van der Waals surface area contributed by atoms with Crippen molar-refractivity contribution < 1.29 is 4.74 Å². The predicted octanol–water partition coefficient (Wildman–Crippen LogP) is 4.83. The minimum atomic E-state index is 0.300. The number of hydrogen-bond acceptors (Lipinski definition) is 2. The quantitative estimate of drug-likeness (QED) is 0.738. The summed E-state index contributed by atoms with van der Waals surface area (Å²) in [6.07, 6.45) is 4.83. The Labute approximate surface area is 122 Å². The van der Waals surface area contributed by atoms with Gasteiger partial charge in [0.1, 0.15) is 5.75 Å². The molecule has 0 fully saturated rings. The Morgan fingerprint density at radius 3 is 2.32 bits per heavy atom. The molecule has 0 aliphatic heterocycles. The topological polar surface area (TPSA) is 21.3 Å². The molecule has 0 amide bonds.